The van der Waals surface area contributed by atoms with Crippen molar-refractivity contribution in [2.24, 2.45) is 0 Å². The smallest absolute Gasteiger partial charge is 0.0221 e. The van der Waals surface area contributed by atoms with Crippen LogP contribution in [0.4, 0.5) is 34.6 Å². The van der Waals surface area contributed by atoms with Crippen LogP contribution in [0.3, 0.4) is 0 Å². The molecule has 8 aromatic rings. The number of phenols is 1. The third kappa shape index (κ3) is 11.9. The average Bonchev–Trinajstić information content (AvgIpc) is 4.09. The SMILES string of the molecule is Clc1c(-c2nccs2)ccc2nc(Nc3ccc(N4CCOCC4)cc3)ncc12.Oc1ccc2nc(Nc3ccc(N4CCOCC4)cc3)ncc2c1Cl.[Zn+][Br].[c-]1nccs1. The molecular weight excluding hydrogens is 973 g/mol. The summed E-state index contributed by atoms with van der Waals surface area (Å²) in [6.07, 6.45) is 6.85. The van der Waals surface area contributed by atoms with E-state index in [0.29, 0.717) is 27.8 Å². The van der Waals surface area contributed by atoms with Crippen molar-refractivity contribution in [3.63, 3.8) is 0 Å². The van der Waals surface area contributed by atoms with Gasteiger partial charge in [-0.25, -0.2) is 24.9 Å². The maximum Gasteiger partial charge on any atom is -0.0221 e. The summed E-state index contributed by atoms with van der Waals surface area (Å²) in [4.78, 5) is 30.3. The fourth-order valence-corrected chi connectivity index (χ4v) is 7.87. The number of fused-ring (bicyclic) bond motifs is 2. The Bertz CT molecular complexity index is 2570. The first-order valence-electron chi connectivity index (χ1n) is 18.9. The van der Waals surface area contributed by atoms with E-state index in [-0.39, 0.29) is 10.8 Å². The van der Waals surface area contributed by atoms with Crippen molar-refractivity contribution in [2.75, 3.05) is 73.0 Å². The molecule has 13 nitrogen and oxygen atoms in total. The van der Waals surface area contributed by atoms with Gasteiger partial charge in [-0.2, -0.15) is 0 Å². The number of aromatic hydroxyl groups is 1. The van der Waals surface area contributed by atoms with Crippen LogP contribution in [0.5, 0.6) is 5.75 Å². The number of hydrogen-bond donors (Lipinski definition) is 3. The summed E-state index contributed by atoms with van der Waals surface area (Å²) in [5, 5.41) is 23.1. The predicted octanol–water partition coefficient (Wildman–Crippen LogP) is 10.3. The molecule has 0 unspecified atom stereocenters. The molecule has 4 aromatic carbocycles. The van der Waals surface area contributed by atoms with E-state index in [1.54, 1.807) is 42.2 Å². The zero-order chi connectivity index (χ0) is 42.4. The zero-order valence-corrected chi connectivity index (χ0v) is 40.2. The molecule has 0 saturated carbocycles. The first-order valence-corrected chi connectivity index (χ1v) is 28.4. The van der Waals surface area contributed by atoms with E-state index in [4.69, 9.17) is 32.7 Å². The van der Waals surface area contributed by atoms with Crippen molar-refractivity contribution in [3.8, 4) is 16.3 Å². The van der Waals surface area contributed by atoms with Gasteiger partial charge < -0.3 is 40.0 Å². The van der Waals surface area contributed by atoms with Gasteiger partial charge in [0.1, 0.15) is 10.8 Å². The number of nitrogens with zero attached hydrogens (tertiary/aromatic N) is 8. The monoisotopic (exact) mass is 1010 g/mol. The van der Waals surface area contributed by atoms with Crippen LogP contribution in [0, 0.1) is 5.51 Å². The average molecular weight is 1010 g/mol. The van der Waals surface area contributed by atoms with Crippen molar-refractivity contribution >= 4 is 116 Å². The molecule has 10 rings (SSSR count). The van der Waals surface area contributed by atoms with Gasteiger partial charge in [0.2, 0.25) is 11.9 Å². The topological polar surface area (TPSA) is 147 Å². The number of ether oxygens (including phenoxy) is 2. The van der Waals surface area contributed by atoms with E-state index < -0.39 is 0 Å². The number of morpholine rings is 2. The molecule has 2 aliphatic rings. The van der Waals surface area contributed by atoms with Crippen LogP contribution in [0.25, 0.3) is 32.4 Å². The molecule has 0 spiro atoms. The number of benzene rings is 4. The van der Waals surface area contributed by atoms with Crippen molar-refractivity contribution in [1.82, 2.24) is 29.9 Å². The van der Waals surface area contributed by atoms with Gasteiger partial charge in [0.05, 0.1) is 47.5 Å². The van der Waals surface area contributed by atoms with Crippen LogP contribution in [0.15, 0.2) is 108 Å². The molecule has 3 N–H and O–H groups in total. The maximum absolute atomic E-state index is 9.64. The number of nitrogens with one attached hydrogen (secondary N) is 2. The Hall–Kier alpha value is -4.58. The van der Waals surface area contributed by atoms with Gasteiger partial charge in [-0.15, -0.1) is 22.9 Å². The molecule has 2 aliphatic heterocycles. The number of rotatable bonds is 7. The van der Waals surface area contributed by atoms with Crippen LogP contribution >= 0.6 is 59.5 Å². The van der Waals surface area contributed by atoms with E-state index >= 15 is 0 Å². The molecule has 0 amide bonds. The minimum Gasteiger partial charge on any atom is -0.394 e. The Kier molecular flexibility index (Phi) is 16.4. The molecule has 2 saturated heterocycles. The van der Waals surface area contributed by atoms with Gasteiger partial charge in [0, 0.05) is 89.2 Å². The molecule has 19 heteroatoms. The number of aromatic nitrogens is 6. The third-order valence-electron chi connectivity index (χ3n) is 9.35. The molecule has 2 fully saturated rings. The molecule has 0 radical (unpaired) electrons. The number of phenolic OH excluding ortho intramolecular Hbond substituents is 1. The summed E-state index contributed by atoms with van der Waals surface area (Å²) >= 11 is 19.9. The second-order valence-corrected chi connectivity index (χ2v) is 15.4. The van der Waals surface area contributed by atoms with Crippen LogP contribution in [0.1, 0.15) is 0 Å². The number of thiazole rings is 2. The predicted molar refractivity (Wildman–Crippen MR) is 247 cm³/mol. The van der Waals surface area contributed by atoms with Crippen LogP contribution < -0.4 is 20.4 Å². The van der Waals surface area contributed by atoms with Gasteiger partial charge in [-0.1, -0.05) is 23.2 Å². The third-order valence-corrected chi connectivity index (χ3v) is 11.4. The Balaban J connectivity index is 0.000000160. The molecule has 6 heterocycles. The summed E-state index contributed by atoms with van der Waals surface area (Å²) in [5.74, 6) is 1.04. The van der Waals surface area contributed by atoms with E-state index in [1.807, 2.05) is 47.2 Å². The summed E-state index contributed by atoms with van der Waals surface area (Å²) in [6, 6.07) is 23.6. The molecule has 0 aliphatic carbocycles. The van der Waals surface area contributed by atoms with Crippen LogP contribution in [-0.4, -0.2) is 87.6 Å². The molecule has 4 aromatic heterocycles. The van der Waals surface area contributed by atoms with Crippen molar-refractivity contribution in [3.05, 3.63) is 124 Å². The normalized spacial score (nSPS) is 13.6. The molecule has 0 atom stereocenters. The van der Waals surface area contributed by atoms with E-state index in [0.717, 1.165) is 85.5 Å². The van der Waals surface area contributed by atoms with Gasteiger partial charge >= 0.3 is 30.0 Å². The van der Waals surface area contributed by atoms with E-state index in [2.05, 4.69) is 93.7 Å². The fraction of sp³-hybridized carbons (Fsp3) is 0.190. The Morgan fingerprint density at radius 3 is 1.64 bits per heavy atom. The van der Waals surface area contributed by atoms with E-state index in [9.17, 15) is 5.11 Å². The van der Waals surface area contributed by atoms with Crippen LogP contribution in [-0.2, 0) is 25.8 Å². The van der Waals surface area contributed by atoms with Crippen molar-refractivity contribution in [1.29, 1.82) is 0 Å². The maximum atomic E-state index is 9.64. The molecular formula is C42H37BrCl2N10O3S2Zn. The summed E-state index contributed by atoms with van der Waals surface area (Å²) in [5.41, 5.74) is 9.23. The Labute approximate surface area is 387 Å². The molecule has 0 bridgehead atoms. The number of halogens is 3. The van der Waals surface area contributed by atoms with Gasteiger partial charge in [0.15, 0.2) is 0 Å². The fourth-order valence-electron chi connectivity index (χ4n) is 6.34. The Morgan fingerprint density at radius 1 is 0.656 bits per heavy atom. The zero-order valence-electron chi connectivity index (χ0n) is 32.5. The molecule has 308 valence electrons. The minimum absolute atomic E-state index is 0.0252. The number of anilines is 6. The quantitative estimate of drug-likeness (QED) is 0.103. The first-order chi connectivity index (χ1) is 30.0. The summed E-state index contributed by atoms with van der Waals surface area (Å²) in [7, 11) is 0. The Morgan fingerprint density at radius 2 is 1.18 bits per heavy atom. The molecule has 61 heavy (non-hydrogen) atoms. The second-order valence-electron chi connectivity index (χ2n) is 13.1. The van der Waals surface area contributed by atoms with Gasteiger partial charge in [-0.05, 0) is 78.3 Å². The van der Waals surface area contributed by atoms with E-state index in [1.165, 1.54) is 45.1 Å². The number of hydrogen-bond acceptors (Lipinski definition) is 15. The minimum atomic E-state index is 0.0252. The largest absolute Gasteiger partial charge is 0.394 e. The summed E-state index contributed by atoms with van der Waals surface area (Å²) in [6.45, 7) is 6.75. The second kappa shape index (κ2) is 22.5. The summed E-state index contributed by atoms with van der Waals surface area (Å²) < 4.78 is 10.8. The standard InChI is InChI=1S/C21H18ClN5OS.C18H17ClN4O2.C3H2NS.BrH.Zn/c22-19-16(20-23-7-12-29-20)5-6-18-17(19)13-24-21(26-18)25-14-1-3-15(4-2-14)27-8-10-28-11-9-27;19-17-14-11-20-18(22-15(14)5-6-16(17)24)21-12-1-3-13(4-2-12)23-7-9-25-10-8-23;1-2-5-3-4-1;;/h1-7,12-13H,8-11H2,(H,24,25,26);1-6,11,24H,7-10H2,(H,20,21,22);1-2H;1H;/q;;-1;;+2/p-1. The first kappa shape index (κ1) is 44.5. The van der Waals surface area contributed by atoms with Crippen molar-refractivity contribution in [2.45, 2.75) is 0 Å². The van der Waals surface area contributed by atoms with Crippen LogP contribution in [0.2, 0.25) is 10.0 Å². The van der Waals surface area contributed by atoms with Gasteiger partial charge in [-0.3, -0.25) is 11.3 Å². The van der Waals surface area contributed by atoms with Gasteiger partial charge in [0.25, 0.3) is 0 Å². The van der Waals surface area contributed by atoms with Crippen molar-refractivity contribution < 1.29 is 30.9 Å².